The second-order valence-electron chi connectivity index (χ2n) is 4.65. The van der Waals surface area contributed by atoms with Crippen LogP contribution in [0, 0.1) is 0 Å². The summed E-state index contributed by atoms with van der Waals surface area (Å²) in [4.78, 5) is 25.8. The Hall–Kier alpha value is -2.16. The Morgan fingerprint density at radius 3 is 2.62 bits per heavy atom. The smallest absolute Gasteiger partial charge is 0.323 e. The summed E-state index contributed by atoms with van der Waals surface area (Å²) in [6.07, 6.45) is 0.762. The third kappa shape index (κ3) is 5.38. The summed E-state index contributed by atoms with van der Waals surface area (Å²) in [5.41, 5.74) is 2.38. The molecule has 1 aromatic rings. The highest BCUT2D eigenvalue weighted by molar-refractivity contribution is 5.80. The predicted molar refractivity (Wildman–Crippen MR) is 80.0 cm³/mol. The number of anilines is 2. The molecule has 0 radical (unpaired) electrons. The average molecular weight is 297 g/mol. The topological polar surface area (TPSA) is 118 Å². The van der Waals surface area contributed by atoms with Crippen LogP contribution in [-0.4, -0.2) is 47.1 Å². The fraction of sp³-hybridized carbons (Fsp3) is 0.667. The number of rotatable bonds is 8. The Morgan fingerprint density at radius 2 is 2.10 bits per heavy atom. The number of aromatic nitrogens is 3. The monoisotopic (exact) mass is 297 g/mol. The Kier molecular flexibility index (Phi) is 6.60. The van der Waals surface area contributed by atoms with E-state index in [1.165, 1.54) is 0 Å². The highest BCUT2D eigenvalue weighted by atomic mass is 16.5. The molecule has 4 N–H and O–H groups in total. The van der Waals surface area contributed by atoms with E-state index in [-0.39, 0.29) is 30.5 Å². The molecule has 0 fully saturated rings. The van der Waals surface area contributed by atoms with E-state index in [9.17, 15) is 4.79 Å². The van der Waals surface area contributed by atoms with E-state index in [4.69, 9.17) is 10.6 Å². The molecule has 0 atom stereocenters. The van der Waals surface area contributed by atoms with Gasteiger partial charge >= 0.3 is 6.01 Å². The van der Waals surface area contributed by atoms with Crippen LogP contribution in [0.1, 0.15) is 27.2 Å². The average Bonchev–Trinajstić information content (AvgIpc) is 2.45. The lowest BCUT2D eigenvalue weighted by atomic mass is 10.4. The van der Waals surface area contributed by atoms with Crippen LogP contribution < -0.4 is 26.2 Å². The zero-order valence-corrected chi connectivity index (χ0v) is 12.9. The molecule has 0 spiro atoms. The summed E-state index contributed by atoms with van der Waals surface area (Å²) in [6.45, 7) is 6.52. The van der Waals surface area contributed by atoms with E-state index in [0.29, 0.717) is 12.5 Å². The first kappa shape index (κ1) is 16.9. The molecule has 9 nitrogen and oxygen atoms in total. The van der Waals surface area contributed by atoms with Gasteiger partial charge in [0.05, 0.1) is 12.6 Å². The summed E-state index contributed by atoms with van der Waals surface area (Å²) >= 11 is 0. The van der Waals surface area contributed by atoms with Crippen molar-refractivity contribution in [3.8, 4) is 6.01 Å². The van der Waals surface area contributed by atoms with Gasteiger partial charge in [-0.05, 0) is 20.3 Å². The number of carbonyl (C=O) groups is 1. The van der Waals surface area contributed by atoms with Crippen LogP contribution in [0.3, 0.4) is 0 Å². The van der Waals surface area contributed by atoms with Crippen molar-refractivity contribution in [1.82, 2.24) is 20.3 Å². The van der Waals surface area contributed by atoms with E-state index in [2.05, 4.69) is 25.7 Å². The molecule has 1 heterocycles. The first-order valence-electron chi connectivity index (χ1n) is 6.85. The molecule has 0 bridgehead atoms. The van der Waals surface area contributed by atoms with Gasteiger partial charge in [-0.1, -0.05) is 6.92 Å². The maximum atomic E-state index is 11.6. The van der Waals surface area contributed by atoms with E-state index >= 15 is 0 Å². The lowest BCUT2D eigenvalue weighted by Crippen LogP contribution is -2.37. The van der Waals surface area contributed by atoms with Gasteiger partial charge in [0.2, 0.25) is 17.8 Å². The fourth-order valence-corrected chi connectivity index (χ4v) is 1.59. The van der Waals surface area contributed by atoms with Crippen LogP contribution in [0.25, 0.3) is 0 Å². The normalized spacial score (nSPS) is 10.4. The SMILES string of the molecule is CCCN(CC(=O)NC)c1nc(NN)nc(OC(C)C)n1. The number of ether oxygens (including phenoxy) is 1. The van der Waals surface area contributed by atoms with Gasteiger partial charge in [0.25, 0.3) is 0 Å². The lowest BCUT2D eigenvalue weighted by molar-refractivity contribution is -0.119. The number of nitrogens with two attached hydrogens (primary N) is 1. The number of nitrogen functional groups attached to an aromatic ring is 1. The van der Waals surface area contributed by atoms with Gasteiger partial charge in [-0.25, -0.2) is 5.84 Å². The molecule has 0 aromatic carbocycles. The molecule has 0 aliphatic heterocycles. The third-order valence-corrected chi connectivity index (χ3v) is 2.46. The minimum Gasteiger partial charge on any atom is -0.461 e. The number of likely N-dealkylation sites (N-methyl/N-ethyl adjacent to an activating group) is 1. The summed E-state index contributed by atoms with van der Waals surface area (Å²) in [6, 6.07) is 0.168. The second-order valence-corrected chi connectivity index (χ2v) is 4.65. The van der Waals surface area contributed by atoms with E-state index in [1.54, 1.807) is 11.9 Å². The standard InChI is InChI=1S/C12H23N7O2/c1-5-6-19(7-9(20)14-4)11-15-10(18-13)16-12(17-11)21-8(2)3/h8H,5-7,13H2,1-4H3,(H,14,20)(H,15,16,17,18). The molecule has 118 valence electrons. The van der Waals surface area contributed by atoms with E-state index in [1.807, 2.05) is 20.8 Å². The molecular formula is C12H23N7O2. The minimum absolute atomic E-state index is 0.0792. The van der Waals surface area contributed by atoms with E-state index in [0.717, 1.165) is 6.42 Å². The molecule has 9 heteroatoms. The van der Waals surface area contributed by atoms with Crippen molar-refractivity contribution in [2.45, 2.75) is 33.3 Å². The Bertz CT molecular complexity index is 467. The van der Waals surface area contributed by atoms with Crippen molar-refractivity contribution in [3.63, 3.8) is 0 Å². The Morgan fingerprint density at radius 1 is 1.38 bits per heavy atom. The van der Waals surface area contributed by atoms with Gasteiger partial charge in [0.15, 0.2) is 0 Å². The largest absolute Gasteiger partial charge is 0.461 e. The van der Waals surface area contributed by atoms with Gasteiger partial charge in [-0.15, -0.1) is 0 Å². The maximum absolute atomic E-state index is 11.6. The number of hydrazine groups is 1. The molecule has 21 heavy (non-hydrogen) atoms. The van der Waals surface area contributed by atoms with Gasteiger partial charge in [0.1, 0.15) is 0 Å². The molecule has 1 amide bonds. The van der Waals surface area contributed by atoms with Crippen LogP contribution in [0.4, 0.5) is 11.9 Å². The summed E-state index contributed by atoms with van der Waals surface area (Å²) < 4.78 is 5.47. The van der Waals surface area contributed by atoms with Gasteiger partial charge < -0.3 is 15.0 Å². The van der Waals surface area contributed by atoms with E-state index < -0.39 is 0 Å². The highest BCUT2D eigenvalue weighted by Gasteiger charge is 2.16. The fourth-order valence-electron chi connectivity index (χ4n) is 1.59. The minimum atomic E-state index is -0.127. The lowest BCUT2D eigenvalue weighted by Gasteiger charge is -2.21. The molecule has 0 saturated heterocycles. The molecular weight excluding hydrogens is 274 g/mol. The van der Waals surface area contributed by atoms with Crippen molar-refractivity contribution < 1.29 is 9.53 Å². The van der Waals surface area contributed by atoms with Crippen molar-refractivity contribution in [2.75, 3.05) is 30.5 Å². The molecule has 0 aliphatic carbocycles. The molecule has 0 unspecified atom stereocenters. The van der Waals surface area contributed by atoms with Gasteiger partial charge in [0, 0.05) is 13.6 Å². The van der Waals surface area contributed by atoms with Crippen LogP contribution >= 0.6 is 0 Å². The van der Waals surface area contributed by atoms with Gasteiger partial charge in [-0.3, -0.25) is 10.2 Å². The number of hydrogen-bond donors (Lipinski definition) is 3. The van der Waals surface area contributed by atoms with Crippen LogP contribution in [0.5, 0.6) is 6.01 Å². The summed E-state index contributed by atoms with van der Waals surface area (Å²) in [5.74, 6) is 5.77. The number of nitrogens with zero attached hydrogens (tertiary/aromatic N) is 4. The highest BCUT2D eigenvalue weighted by Crippen LogP contribution is 2.15. The van der Waals surface area contributed by atoms with Crippen molar-refractivity contribution >= 4 is 17.8 Å². The predicted octanol–water partition coefficient (Wildman–Crippen LogP) is -0.0932. The number of hydrogen-bond acceptors (Lipinski definition) is 8. The number of amides is 1. The van der Waals surface area contributed by atoms with Crippen molar-refractivity contribution in [2.24, 2.45) is 5.84 Å². The summed E-state index contributed by atoms with van der Waals surface area (Å²) in [7, 11) is 1.58. The molecule has 0 saturated carbocycles. The van der Waals surface area contributed by atoms with Crippen LogP contribution in [0.15, 0.2) is 0 Å². The van der Waals surface area contributed by atoms with Gasteiger partial charge in [-0.2, -0.15) is 15.0 Å². The Labute approximate surface area is 124 Å². The number of carbonyl (C=O) groups excluding carboxylic acids is 1. The second kappa shape index (κ2) is 8.20. The number of nitrogens with one attached hydrogen (secondary N) is 2. The first-order valence-corrected chi connectivity index (χ1v) is 6.85. The zero-order chi connectivity index (χ0) is 15.8. The zero-order valence-electron chi connectivity index (χ0n) is 12.9. The van der Waals surface area contributed by atoms with Crippen molar-refractivity contribution in [1.29, 1.82) is 0 Å². The first-order chi connectivity index (χ1) is 9.99. The molecule has 1 rings (SSSR count). The van der Waals surface area contributed by atoms with Crippen LogP contribution in [-0.2, 0) is 4.79 Å². The van der Waals surface area contributed by atoms with Crippen LogP contribution in [0.2, 0.25) is 0 Å². The van der Waals surface area contributed by atoms with Crippen molar-refractivity contribution in [3.05, 3.63) is 0 Å². The molecule has 1 aromatic heterocycles. The third-order valence-electron chi connectivity index (χ3n) is 2.46. The maximum Gasteiger partial charge on any atom is 0.323 e. The molecule has 0 aliphatic rings. The Balaban J connectivity index is 3.07. The quantitative estimate of drug-likeness (QED) is 0.450. The summed E-state index contributed by atoms with van der Waals surface area (Å²) in [5, 5.41) is 2.58.